The molecular weight excluding hydrogens is 252 g/mol. The van der Waals surface area contributed by atoms with E-state index in [1.54, 1.807) is 6.08 Å². The van der Waals surface area contributed by atoms with Crippen molar-refractivity contribution in [3.8, 4) is 0 Å². The van der Waals surface area contributed by atoms with Crippen molar-refractivity contribution in [1.29, 1.82) is 0 Å². The predicted octanol–water partition coefficient (Wildman–Crippen LogP) is 0.189. The second-order valence-electron chi connectivity index (χ2n) is 4.45. The molecule has 0 aromatic heterocycles. The van der Waals surface area contributed by atoms with Crippen LogP contribution in [0.2, 0.25) is 0 Å². The van der Waals surface area contributed by atoms with E-state index in [2.05, 4.69) is 12.2 Å². The van der Waals surface area contributed by atoms with Gasteiger partial charge in [0.05, 0.1) is 12.1 Å². The van der Waals surface area contributed by atoms with Gasteiger partial charge in [0.1, 0.15) is 6.04 Å². The first-order valence-corrected chi connectivity index (χ1v) is 7.31. The van der Waals surface area contributed by atoms with Crippen LogP contribution >= 0.6 is 11.8 Å². The SMILES string of the molecule is CCCCN[C@@H]1[C@@H](O)C=C[C@H]1SC[C@H](N)C(=O)O. The number of hydrogen-bond donors (Lipinski definition) is 4. The second kappa shape index (κ2) is 7.78. The molecule has 0 amide bonds. The van der Waals surface area contributed by atoms with Gasteiger partial charge < -0.3 is 21.3 Å². The summed E-state index contributed by atoms with van der Waals surface area (Å²) in [5.74, 6) is -0.635. The third-order valence-corrected chi connectivity index (χ3v) is 4.30. The summed E-state index contributed by atoms with van der Waals surface area (Å²) in [5.41, 5.74) is 5.47. The minimum atomic E-state index is -0.986. The number of hydrogen-bond acceptors (Lipinski definition) is 5. The minimum Gasteiger partial charge on any atom is -0.480 e. The Morgan fingerprint density at radius 1 is 1.56 bits per heavy atom. The maximum Gasteiger partial charge on any atom is 0.321 e. The number of aliphatic hydroxyl groups is 1. The van der Waals surface area contributed by atoms with Gasteiger partial charge in [-0.15, -0.1) is 0 Å². The Hall–Kier alpha value is -0.560. The van der Waals surface area contributed by atoms with Crippen molar-refractivity contribution in [2.45, 2.75) is 43.2 Å². The Morgan fingerprint density at radius 2 is 2.28 bits per heavy atom. The number of nitrogens with two attached hydrogens (primary N) is 1. The van der Waals surface area contributed by atoms with Crippen molar-refractivity contribution in [2.24, 2.45) is 5.73 Å². The Kier molecular flexibility index (Phi) is 6.70. The lowest BCUT2D eigenvalue weighted by atomic mass is 10.2. The minimum absolute atomic E-state index is 0.0393. The van der Waals surface area contributed by atoms with Gasteiger partial charge in [-0.3, -0.25) is 4.79 Å². The highest BCUT2D eigenvalue weighted by atomic mass is 32.2. The van der Waals surface area contributed by atoms with Crippen molar-refractivity contribution in [1.82, 2.24) is 5.32 Å². The van der Waals surface area contributed by atoms with Crippen LogP contribution in [0, 0.1) is 0 Å². The normalized spacial score (nSPS) is 28.5. The molecule has 0 aromatic carbocycles. The Morgan fingerprint density at radius 3 is 2.89 bits per heavy atom. The van der Waals surface area contributed by atoms with Gasteiger partial charge in [-0.25, -0.2) is 0 Å². The standard InChI is InChI=1S/C12H22N2O3S/c1-2-3-6-14-11-9(15)4-5-10(11)18-7-8(13)12(16)17/h4-5,8-11,14-15H,2-3,6-7,13H2,1H3,(H,16,17)/t8-,9-,10+,11+/m0/s1. The number of carbonyl (C=O) groups is 1. The number of nitrogens with one attached hydrogen (secondary N) is 1. The molecule has 0 heterocycles. The number of carboxylic acids is 1. The molecule has 0 spiro atoms. The fourth-order valence-electron chi connectivity index (χ4n) is 1.78. The monoisotopic (exact) mass is 274 g/mol. The molecule has 0 aromatic rings. The molecule has 0 unspecified atom stereocenters. The van der Waals surface area contributed by atoms with Gasteiger partial charge in [0.25, 0.3) is 0 Å². The Bertz CT molecular complexity index is 299. The first-order valence-electron chi connectivity index (χ1n) is 6.26. The summed E-state index contributed by atoms with van der Waals surface area (Å²) >= 11 is 1.48. The van der Waals surface area contributed by atoms with Crippen molar-refractivity contribution in [2.75, 3.05) is 12.3 Å². The molecule has 0 bridgehead atoms. The molecule has 0 saturated heterocycles. The lowest BCUT2D eigenvalue weighted by molar-refractivity contribution is -0.137. The topological polar surface area (TPSA) is 95.6 Å². The van der Waals surface area contributed by atoms with Crippen LogP contribution in [0.15, 0.2) is 12.2 Å². The van der Waals surface area contributed by atoms with Crippen LogP contribution < -0.4 is 11.1 Å². The summed E-state index contributed by atoms with van der Waals surface area (Å²) in [6, 6.07) is -0.889. The molecule has 5 N–H and O–H groups in total. The first kappa shape index (κ1) is 15.5. The van der Waals surface area contributed by atoms with Crippen LogP contribution in [0.4, 0.5) is 0 Å². The molecule has 1 rings (SSSR count). The van der Waals surface area contributed by atoms with Crippen molar-refractivity contribution >= 4 is 17.7 Å². The summed E-state index contributed by atoms with van der Waals surface area (Å²) in [6.45, 7) is 2.98. The molecule has 0 aliphatic heterocycles. The molecule has 6 heteroatoms. The summed E-state index contributed by atoms with van der Waals surface area (Å²) in [6.07, 6.45) is 5.35. The van der Waals surface area contributed by atoms with Gasteiger partial charge in [-0.2, -0.15) is 11.8 Å². The van der Waals surface area contributed by atoms with E-state index in [4.69, 9.17) is 10.8 Å². The summed E-state index contributed by atoms with van der Waals surface area (Å²) in [4.78, 5) is 10.6. The molecule has 1 aliphatic carbocycles. The summed E-state index contributed by atoms with van der Waals surface area (Å²) in [7, 11) is 0. The zero-order chi connectivity index (χ0) is 13.5. The maximum atomic E-state index is 10.6. The summed E-state index contributed by atoms with van der Waals surface area (Å²) in [5, 5.41) is 21.9. The van der Waals surface area contributed by atoms with Crippen molar-refractivity contribution in [3.63, 3.8) is 0 Å². The molecule has 18 heavy (non-hydrogen) atoms. The molecule has 5 nitrogen and oxygen atoms in total. The average molecular weight is 274 g/mol. The zero-order valence-electron chi connectivity index (χ0n) is 10.6. The van der Waals surface area contributed by atoms with Gasteiger partial charge in [0, 0.05) is 11.0 Å². The summed E-state index contributed by atoms with van der Waals surface area (Å²) < 4.78 is 0. The lowest BCUT2D eigenvalue weighted by Crippen LogP contribution is -2.44. The smallest absolute Gasteiger partial charge is 0.321 e. The van der Waals surface area contributed by atoms with E-state index in [1.807, 2.05) is 6.08 Å². The average Bonchev–Trinajstić information content (AvgIpc) is 2.68. The van der Waals surface area contributed by atoms with Gasteiger partial charge >= 0.3 is 5.97 Å². The molecule has 1 aliphatic rings. The van der Waals surface area contributed by atoms with Crippen LogP contribution in [-0.2, 0) is 4.79 Å². The van der Waals surface area contributed by atoms with Crippen LogP contribution in [0.3, 0.4) is 0 Å². The van der Waals surface area contributed by atoms with Crippen LogP contribution in [0.1, 0.15) is 19.8 Å². The van der Waals surface area contributed by atoms with E-state index in [0.717, 1.165) is 19.4 Å². The van der Waals surface area contributed by atoms with Gasteiger partial charge in [-0.1, -0.05) is 25.5 Å². The number of aliphatic carboxylic acids is 1. The highest BCUT2D eigenvalue weighted by molar-refractivity contribution is 8.00. The van der Waals surface area contributed by atoms with E-state index < -0.39 is 18.1 Å². The highest BCUT2D eigenvalue weighted by Gasteiger charge is 2.30. The quantitative estimate of drug-likeness (QED) is 0.373. The van der Waals surface area contributed by atoms with Crippen molar-refractivity contribution in [3.05, 3.63) is 12.2 Å². The molecule has 104 valence electrons. The Balaban J connectivity index is 2.38. The zero-order valence-corrected chi connectivity index (χ0v) is 11.4. The number of aliphatic hydroxyl groups excluding tert-OH is 1. The van der Waals surface area contributed by atoms with Crippen molar-refractivity contribution < 1.29 is 15.0 Å². The predicted molar refractivity (Wildman–Crippen MR) is 73.7 cm³/mol. The second-order valence-corrected chi connectivity index (χ2v) is 5.66. The molecule has 0 radical (unpaired) electrons. The number of unbranched alkanes of at least 4 members (excludes halogenated alkanes) is 1. The maximum absolute atomic E-state index is 10.6. The van der Waals surface area contributed by atoms with E-state index in [-0.39, 0.29) is 11.3 Å². The fourth-order valence-corrected chi connectivity index (χ4v) is 3.02. The largest absolute Gasteiger partial charge is 0.480 e. The number of carboxylic acid groups (broad SMARTS) is 1. The van der Waals surface area contributed by atoms with Gasteiger partial charge in [-0.05, 0) is 13.0 Å². The van der Waals surface area contributed by atoms with Gasteiger partial charge in [0.2, 0.25) is 0 Å². The lowest BCUT2D eigenvalue weighted by Gasteiger charge is -2.24. The number of rotatable bonds is 8. The highest BCUT2D eigenvalue weighted by Crippen LogP contribution is 2.25. The molecule has 0 saturated carbocycles. The van der Waals surface area contributed by atoms with Crippen LogP contribution in [0.5, 0.6) is 0 Å². The van der Waals surface area contributed by atoms with Crippen LogP contribution in [-0.4, -0.2) is 51.9 Å². The third-order valence-electron chi connectivity index (χ3n) is 2.92. The number of thioether (sulfide) groups is 1. The fraction of sp³-hybridized carbons (Fsp3) is 0.750. The first-order chi connectivity index (χ1) is 8.56. The third kappa shape index (κ3) is 4.61. The van der Waals surface area contributed by atoms with E-state index in [9.17, 15) is 9.90 Å². The van der Waals surface area contributed by atoms with Crippen LogP contribution in [0.25, 0.3) is 0 Å². The van der Waals surface area contributed by atoms with E-state index in [0.29, 0.717) is 5.75 Å². The Labute approximate surface area is 112 Å². The molecular formula is C12H22N2O3S. The van der Waals surface area contributed by atoms with E-state index >= 15 is 0 Å². The van der Waals surface area contributed by atoms with Gasteiger partial charge in [0.15, 0.2) is 0 Å². The van der Waals surface area contributed by atoms with E-state index in [1.165, 1.54) is 11.8 Å². The molecule has 4 atom stereocenters. The molecule has 0 fully saturated rings.